The van der Waals surface area contributed by atoms with Gasteiger partial charge in [0.25, 0.3) is 5.91 Å². The van der Waals surface area contributed by atoms with Crippen molar-refractivity contribution >= 4 is 26.8 Å². The molecule has 1 aliphatic rings. The van der Waals surface area contributed by atoms with E-state index in [1.54, 1.807) is 0 Å². The summed E-state index contributed by atoms with van der Waals surface area (Å²) in [5, 5.41) is 10.8. The molecule has 1 aromatic heterocycles. The molecule has 8 heteroatoms. The van der Waals surface area contributed by atoms with Crippen LogP contribution in [-0.2, 0) is 10.0 Å². The molecule has 1 aliphatic heterocycles. The number of hydrogen-bond donors (Lipinski definition) is 2. The molecule has 0 aliphatic carbocycles. The smallest absolute Gasteiger partial charge is 0.272 e. The van der Waals surface area contributed by atoms with Crippen LogP contribution in [0.4, 0.5) is 0 Å². The van der Waals surface area contributed by atoms with Crippen LogP contribution in [0, 0.1) is 6.92 Å². The topological polar surface area (TPSA) is 95.2 Å². The lowest BCUT2D eigenvalue weighted by atomic mass is 10.1. The second-order valence-corrected chi connectivity index (χ2v) is 8.67. The van der Waals surface area contributed by atoms with Gasteiger partial charge < -0.3 is 5.32 Å². The van der Waals surface area contributed by atoms with E-state index in [0.29, 0.717) is 38.0 Å². The molecule has 7 nitrogen and oxygen atoms in total. The first kappa shape index (κ1) is 17.9. The van der Waals surface area contributed by atoms with Crippen LogP contribution in [0.1, 0.15) is 42.2 Å². The highest BCUT2D eigenvalue weighted by molar-refractivity contribution is 7.89. The number of nitrogens with one attached hydrogen (secondary N) is 2. The van der Waals surface area contributed by atoms with Gasteiger partial charge in [-0.2, -0.15) is 5.10 Å². The molecule has 2 aromatic rings. The Labute approximate surface area is 147 Å². The molecule has 0 atom stereocenters. The number of benzene rings is 1. The summed E-state index contributed by atoms with van der Waals surface area (Å²) in [4.78, 5) is 12.6. The van der Waals surface area contributed by atoms with Crippen LogP contribution in [0.15, 0.2) is 18.2 Å². The lowest BCUT2D eigenvalue weighted by Crippen LogP contribution is -2.47. The minimum atomic E-state index is -3.16. The number of aromatic nitrogens is 2. The predicted octanol–water partition coefficient (Wildman–Crippen LogP) is 1.81. The van der Waals surface area contributed by atoms with Crippen molar-refractivity contribution in [3.8, 4) is 0 Å². The number of amides is 1. The standard InChI is InChI=1S/C17H24N4O3S/c1-3-10-25(23,24)21-8-6-13(7-9-21)18-17(22)16-14-11-12(2)4-5-15(14)19-20-16/h4-5,11,13H,3,6-10H2,1-2H3,(H,18,22)(H,19,20). The molecule has 0 unspecified atom stereocenters. The van der Waals surface area contributed by atoms with Crippen molar-refractivity contribution < 1.29 is 13.2 Å². The first-order chi connectivity index (χ1) is 11.9. The summed E-state index contributed by atoms with van der Waals surface area (Å²) in [6.07, 6.45) is 1.86. The Balaban J connectivity index is 1.64. The van der Waals surface area contributed by atoms with Crippen molar-refractivity contribution in [1.29, 1.82) is 0 Å². The molecular weight excluding hydrogens is 340 g/mol. The Morgan fingerprint density at radius 1 is 1.36 bits per heavy atom. The first-order valence-electron chi connectivity index (χ1n) is 8.64. The highest BCUT2D eigenvalue weighted by atomic mass is 32.2. The van der Waals surface area contributed by atoms with Crippen LogP contribution in [0.5, 0.6) is 0 Å². The lowest BCUT2D eigenvalue weighted by Gasteiger charge is -2.31. The fourth-order valence-electron chi connectivity index (χ4n) is 3.22. The Morgan fingerprint density at radius 3 is 2.76 bits per heavy atom. The van der Waals surface area contributed by atoms with E-state index in [9.17, 15) is 13.2 Å². The zero-order chi connectivity index (χ0) is 18.0. The van der Waals surface area contributed by atoms with E-state index in [4.69, 9.17) is 0 Å². The summed E-state index contributed by atoms with van der Waals surface area (Å²) >= 11 is 0. The maximum atomic E-state index is 12.6. The van der Waals surface area contributed by atoms with E-state index >= 15 is 0 Å². The molecular formula is C17H24N4O3S. The molecule has 0 saturated carbocycles. The van der Waals surface area contributed by atoms with Gasteiger partial charge in [-0.05, 0) is 38.3 Å². The monoisotopic (exact) mass is 364 g/mol. The van der Waals surface area contributed by atoms with Gasteiger partial charge in [-0.25, -0.2) is 12.7 Å². The number of rotatable bonds is 5. The number of H-pyrrole nitrogens is 1. The van der Waals surface area contributed by atoms with Crippen LogP contribution < -0.4 is 5.32 Å². The molecule has 3 rings (SSSR count). The zero-order valence-electron chi connectivity index (χ0n) is 14.6. The van der Waals surface area contributed by atoms with Crippen LogP contribution in [0.3, 0.4) is 0 Å². The second kappa shape index (κ2) is 7.13. The molecule has 1 aromatic carbocycles. The van der Waals surface area contributed by atoms with E-state index < -0.39 is 10.0 Å². The molecule has 0 bridgehead atoms. The lowest BCUT2D eigenvalue weighted by molar-refractivity contribution is 0.0920. The highest BCUT2D eigenvalue weighted by Crippen LogP contribution is 2.19. The van der Waals surface area contributed by atoms with E-state index in [1.807, 2.05) is 32.0 Å². The van der Waals surface area contributed by atoms with Gasteiger partial charge in [0.2, 0.25) is 10.0 Å². The normalized spacial score (nSPS) is 17.0. The summed E-state index contributed by atoms with van der Waals surface area (Å²) in [6.45, 7) is 4.74. The third-order valence-electron chi connectivity index (χ3n) is 4.58. The number of fused-ring (bicyclic) bond motifs is 1. The molecule has 0 spiro atoms. The van der Waals surface area contributed by atoms with Gasteiger partial charge in [0, 0.05) is 24.5 Å². The minimum absolute atomic E-state index is 0.0304. The second-order valence-electron chi connectivity index (χ2n) is 6.58. The largest absolute Gasteiger partial charge is 0.348 e. The number of carbonyl (C=O) groups excluding carboxylic acids is 1. The Bertz CT molecular complexity index is 867. The molecule has 2 N–H and O–H groups in total. The van der Waals surface area contributed by atoms with E-state index in [-0.39, 0.29) is 17.7 Å². The Kier molecular flexibility index (Phi) is 5.10. The van der Waals surface area contributed by atoms with Crippen molar-refractivity contribution in [1.82, 2.24) is 19.8 Å². The number of sulfonamides is 1. The third kappa shape index (κ3) is 3.85. The average Bonchev–Trinajstić information content (AvgIpc) is 2.98. The fourth-order valence-corrected chi connectivity index (χ4v) is 4.76. The Hall–Kier alpha value is -1.93. The molecule has 0 radical (unpaired) electrons. The molecule has 1 saturated heterocycles. The number of carbonyl (C=O) groups is 1. The van der Waals surface area contributed by atoms with Crippen molar-refractivity contribution in [3.63, 3.8) is 0 Å². The number of nitrogens with zero attached hydrogens (tertiary/aromatic N) is 2. The highest BCUT2D eigenvalue weighted by Gasteiger charge is 2.28. The number of piperidine rings is 1. The summed E-state index contributed by atoms with van der Waals surface area (Å²) in [7, 11) is -3.16. The number of aryl methyl sites for hydroxylation is 1. The maximum absolute atomic E-state index is 12.6. The van der Waals surface area contributed by atoms with Crippen molar-refractivity contribution in [3.05, 3.63) is 29.5 Å². The van der Waals surface area contributed by atoms with Gasteiger partial charge >= 0.3 is 0 Å². The van der Waals surface area contributed by atoms with Gasteiger partial charge in [-0.1, -0.05) is 18.6 Å². The van der Waals surface area contributed by atoms with Crippen molar-refractivity contribution in [2.24, 2.45) is 0 Å². The molecule has 1 fully saturated rings. The van der Waals surface area contributed by atoms with Crippen LogP contribution >= 0.6 is 0 Å². The quantitative estimate of drug-likeness (QED) is 0.846. The van der Waals surface area contributed by atoms with Gasteiger partial charge in [0.05, 0.1) is 11.3 Å². The maximum Gasteiger partial charge on any atom is 0.272 e. The van der Waals surface area contributed by atoms with Crippen LogP contribution in [-0.4, -0.2) is 53.7 Å². The summed E-state index contributed by atoms with van der Waals surface area (Å²) in [5.74, 6) is -0.0328. The van der Waals surface area contributed by atoms with Gasteiger partial charge in [-0.15, -0.1) is 0 Å². The summed E-state index contributed by atoms with van der Waals surface area (Å²) < 4.78 is 25.7. The first-order valence-corrected chi connectivity index (χ1v) is 10.2. The summed E-state index contributed by atoms with van der Waals surface area (Å²) in [6, 6.07) is 5.78. The third-order valence-corrected chi connectivity index (χ3v) is 6.65. The molecule has 1 amide bonds. The van der Waals surface area contributed by atoms with Crippen LogP contribution in [0.25, 0.3) is 10.9 Å². The minimum Gasteiger partial charge on any atom is -0.348 e. The molecule has 2 heterocycles. The number of aromatic amines is 1. The zero-order valence-corrected chi connectivity index (χ0v) is 15.4. The van der Waals surface area contributed by atoms with Gasteiger partial charge in [0.15, 0.2) is 5.69 Å². The molecule has 136 valence electrons. The van der Waals surface area contributed by atoms with Crippen molar-refractivity contribution in [2.75, 3.05) is 18.8 Å². The average molecular weight is 364 g/mol. The summed E-state index contributed by atoms with van der Waals surface area (Å²) in [5.41, 5.74) is 2.29. The predicted molar refractivity (Wildman–Crippen MR) is 97.0 cm³/mol. The van der Waals surface area contributed by atoms with Gasteiger partial charge in [-0.3, -0.25) is 9.89 Å². The Morgan fingerprint density at radius 2 is 2.08 bits per heavy atom. The van der Waals surface area contributed by atoms with E-state index in [1.165, 1.54) is 4.31 Å². The number of hydrogen-bond acceptors (Lipinski definition) is 4. The van der Waals surface area contributed by atoms with Gasteiger partial charge in [0.1, 0.15) is 0 Å². The van der Waals surface area contributed by atoms with Crippen LogP contribution in [0.2, 0.25) is 0 Å². The van der Waals surface area contributed by atoms with E-state index in [0.717, 1.165) is 16.5 Å². The van der Waals surface area contributed by atoms with Crippen molar-refractivity contribution in [2.45, 2.75) is 39.2 Å². The van der Waals surface area contributed by atoms with E-state index in [2.05, 4.69) is 15.5 Å². The SMILES string of the molecule is CCCS(=O)(=O)N1CCC(NC(=O)c2n[nH]c3ccc(C)cc23)CC1. The fraction of sp³-hybridized carbons (Fsp3) is 0.529. The molecule has 25 heavy (non-hydrogen) atoms.